The molecule has 5 rings (SSSR count). The highest BCUT2D eigenvalue weighted by atomic mass is 19.4. The molecule has 1 aromatic heterocycles. The Morgan fingerprint density at radius 3 is 2.56 bits per heavy atom. The van der Waals surface area contributed by atoms with Crippen LogP contribution in [0.2, 0.25) is 0 Å². The van der Waals surface area contributed by atoms with Crippen LogP contribution in [0.3, 0.4) is 0 Å². The molecule has 8 heteroatoms. The molecule has 2 fully saturated rings. The first-order valence-corrected chi connectivity index (χ1v) is 12.4. The number of hydrogen-bond donors (Lipinski definition) is 1. The first-order valence-electron chi connectivity index (χ1n) is 12.4. The molecule has 0 amide bonds. The molecule has 5 nitrogen and oxygen atoms in total. The molecule has 3 aromatic rings. The topological polar surface area (TPSA) is 46.6 Å². The minimum absolute atomic E-state index is 0.0466. The Bertz CT molecular complexity index is 1150. The first kappa shape index (κ1) is 24.6. The molecule has 2 aromatic carbocycles. The van der Waals surface area contributed by atoms with Crippen molar-refractivity contribution in [3.63, 3.8) is 0 Å². The van der Waals surface area contributed by atoms with E-state index >= 15 is 0 Å². The zero-order valence-corrected chi connectivity index (χ0v) is 20.2. The molecule has 2 aliphatic rings. The van der Waals surface area contributed by atoms with Crippen LogP contribution in [-0.2, 0) is 22.2 Å². The predicted molar refractivity (Wildman–Crippen MR) is 133 cm³/mol. The molecule has 0 spiro atoms. The third kappa shape index (κ3) is 5.50. The summed E-state index contributed by atoms with van der Waals surface area (Å²) in [6.07, 6.45) is 0.340. The third-order valence-corrected chi connectivity index (χ3v) is 6.88. The number of hydrogen-bond acceptors (Lipinski definition) is 5. The van der Waals surface area contributed by atoms with Gasteiger partial charge in [-0.1, -0.05) is 49.4 Å². The van der Waals surface area contributed by atoms with Crippen molar-refractivity contribution in [2.75, 3.05) is 23.6 Å². The van der Waals surface area contributed by atoms with Gasteiger partial charge in [-0.05, 0) is 48.4 Å². The maximum absolute atomic E-state index is 13.9. The number of alkyl halides is 3. The maximum atomic E-state index is 13.9. The van der Waals surface area contributed by atoms with Gasteiger partial charge in [-0.2, -0.15) is 13.2 Å². The summed E-state index contributed by atoms with van der Waals surface area (Å²) in [5, 5.41) is 4.53. The number of benzene rings is 2. The van der Waals surface area contributed by atoms with Crippen molar-refractivity contribution in [3.05, 3.63) is 83.6 Å². The highest BCUT2D eigenvalue weighted by Crippen LogP contribution is 2.43. The Hall–Kier alpha value is -3.10. The number of nitrogens with zero attached hydrogens (tertiary/aromatic N) is 2. The van der Waals surface area contributed by atoms with Gasteiger partial charge < -0.3 is 10.1 Å². The standard InChI is InChI=1S/C28H30F3N3O2/c1-2-23-15-20(18-35-23)14-19-8-10-22(11-9-19)33-27-16-26(24(17-32-27)28(29,30)31)34-25(12-13-36-34)21-6-4-3-5-7-21/h3-11,16-17,20,23,25H,2,12-15,18H2,1H3,(H,32,33). The van der Waals surface area contributed by atoms with Gasteiger partial charge in [0, 0.05) is 24.4 Å². The van der Waals surface area contributed by atoms with Crippen molar-refractivity contribution in [1.82, 2.24) is 4.98 Å². The van der Waals surface area contributed by atoms with E-state index in [0.29, 0.717) is 30.9 Å². The van der Waals surface area contributed by atoms with Gasteiger partial charge in [0.2, 0.25) is 0 Å². The molecule has 2 saturated heterocycles. The number of aromatic nitrogens is 1. The Labute approximate surface area is 209 Å². The van der Waals surface area contributed by atoms with Crippen LogP contribution in [0.4, 0.5) is 30.4 Å². The minimum Gasteiger partial charge on any atom is -0.378 e. The molecule has 2 aliphatic heterocycles. The lowest BCUT2D eigenvalue weighted by molar-refractivity contribution is -0.137. The fourth-order valence-corrected chi connectivity index (χ4v) is 5.01. The number of pyridine rings is 1. The summed E-state index contributed by atoms with van der Waals surface area (Å²) < 4.78 is 47.5. The average molecular weight is 498 g/mol. The number of halogens is 3. The number of anilines is 3. The molecule has 0 bridgehead atoms. The number of nitrogens with one attached hydrogen (secondary N) is 1. The number of rotatable bonds is 7. The Morgan fingerprint density at radius 2 is 1.86 bits per heavy atom. The zero-order chi connectivity index (χ0) is 25.1. The van der Waals surface area contributed by atoms with Gasteiger partial charge in [0.25, 0.3) is 0 Å². The molecular formula is C28H30F3N3O2. The Morgan fingerprint density at radius 1 is 1.08 bits per heavy atom. The average Bonchev–Trinajstić information content (AvgIpc) is 3.55. The quantitative estimate of drug-likeness (QED) is 0.378. The smallest absolute Gasteiger partial charge is 0.378 e. The molecule has 3 unspecified atom stereocenters. The van der Waals surface area contributed by atoms with Crippen LogP contribution in [-0.4, -0.2) is 24.3 Å². The van der Waals surface area contributed by atoms with E-state index in [1.54, 1.807) is 0 Å². The van der Waals surface area contributed by atoms with Crippen LogP contribution >= 0.6 is 0 Å². The second kappa shape index (κ2) is 10.5. The molecule has 190 valence electrons. The maximum Gasteiger partial charge on any atom is 0.419 e. The van der Waals surface area contributed by atoms with Crippen LogP contribution in [0, 0.1) is 5.92 Å². The van der Waals surface area contributed by atoms with E-state index in [2.05, 4.69) is 17.2 Å². The summed E-state index contributed by atoms with van der Waals surface area (Å²) in [7, 11) is 0. The van der Waals surface area contributed by atoms with Crippen molar-refractivity contribution in [1.29, 1.82) is 0 Å². The molecular weight excluding hydrogens is 467 g/mol. The summed E-state index contributed by atoms with van der Waals surface area (Å²) in [4.78, 5) is 9.77. The van der Waals surface area contributed by atoms with E-state index in [4.69, 9.17) is 9.57 Å². The van der Waals surface area contributed by atoms with Crippen molar-refractivity contribution in [3.8, 4) is 0 Å². The number of hydroxylamine groups is 1. The van der Waals surface area contributed by atoms with E-state index < -0.39 is 11.7 Å². The molecule has 0 aliphatic carbocycles. The van der Waals surface area contributed by atoms with Gasteiger partial charge in [-0.3, -0.25) is 4.84 Å². The summed E-state index contributed by atoms with van der Waals surface area (Å²) in [6, 6.07) is 18.5. The van der Waals surface area contributed by atoms with Gasteiger partial charge in [0.05, 0.1) is 36.6 Å². The highest BCUT2D eigenvalue weighted by Gasteiger charge is 2.39. The van der Waals surface area contributed by atoms with E-state index in [-0.39, 0.29) is 11.7 Å². The second-order valence-corrected chi connectivity index (χ2v) is 9.45. The van der Waals surface area contributed by atoms with Gasteiger partial charge in [-0.15, -0.1) is 0 Å². The van der Waals surface area contributed by atoms with Crippen molar-refractivity contribution in [2.24, 2.45) is 5.92 Å². The van der Waals surface area contributed by atoms with E-state index in [9.17, 15) is 13.2 Å². The second-order valence-electron chi connectivity index (χ2n) is 9.45. The van der Waals surface area contributed by atoms with E-state index in [0.717, 1.165) is 43.3 Å². The van der Waals surface area contributed by atoms with Gasteiger partial charge in [0.15, 0.2) is 0 Å². The van der Waals surface area contributed by atoms with Crippen LogP contribution in [0.25, 0.3) is 0 Å². The van der Waals surface area contributed by atoms with E-state index in [1.807, 2.05) is 54.6 Å². The molecule has 0 saturated carbocycles. The third-order valence-electron chi connectivity index (χ3n) is 6.88. The Kier molecular flexibility index (Phi) is 7.16. The van der Waals surface area contributed by atoms with Gasteiger partial charge in [0.1, 0.15) is 5.82 Å². The highest BCUT2D eigenvalue weighted by molar-refractivity contribution is 5.65. The normalized spacial score (nSPS) is 22.2. The molecule has 3 atom stereocenters. The first-order chi connectivity index (χ1) is 17.4. The monoisotopic (exact) mass is 497 g/mol. The molecule has 36 heavy (non-hydrogen) atoms. The molecule has 3 heterocycles. The fraction of sp³-hybridized carbons (Fsp3) is 0.393. The van der Waals surface area contributed by atoms with Crippen molar-refractivity contribution in [2.45, 2.75) is 50.9 Å². The largest absolute Gasteiger partial charge is 0.419 e. The van der Waals surface area contributed by atoms with Crippen LogP contribution in [0.1, 0.15) is 48.9 Å². The van der Waals surface area contributed by atoms with Crippen molar-refractivity contribution >= 4 is 17.2 Å². The lowest BCUT2D eigenvalue weighted by Gasteiger charge is -2.28. The SMILES string of the molecule is CCC1CC(Cc2ccc(Nc3cc(N4OCCC4c4ccccc4)c(C(F)(F)F)cn3)cc2)CO1. The van der Waals surface area contributed by atoms with Crippen LogP contribution < -0.4 is 10.4 Å². The lowest BCUT2D eigenvalue weighted by atomic mass is 9.96. The minimum atomic E-state index is -4.56. The summed E-state index contributed by atoms with van der Waals surface area (Å²) in [5.41, 5.74) is 2.00. The van der Waals surface area contributed by atoms with Crippen LogP contribution in [0.15, 0.2) is 66.9 Å². The summed E-state index contributed by atoms with van der Waals surface area (Å²) in [6.45, 7) is 3.28. The van der Waals surface area contributed by atoms with Crippen molar-refractivity contribution < 1.29 is 22.7 Å². The lowest BCUT2D eigenvalue weighted by Crippen LogP contribution is -2.25. The zero-order valence-electron chi connectivity index (χ0n) is 20.2. The van der Waals surface area contributed by atoms with E-state index in [1.165, 1.54) is 16.7 Å². The molecule has 1 N–H and O–H groups in total. The predicted octanol–water partition coefficient (Wildman–Crippen LogP) is 7.08. The number of ether oxygens (including phenoxy) is 1. The fourth-order valence-electron chi connectivity index (χ4n) is 5.01. The van der Waals surface area contributed by atoms with Gasteiger partial charge >= 0.3 is 6.18 Å². The van der Waals surface area contributed by atoms with Crippen LogP contribution in [0.5, 0.6) is 0 Å². The van der Waals surface area contributed by atoms with Gasteiger partial charge in [-0.25, -0.2) is 10.0 Å². The summed E-state index contributed by atoms with van der Waals surface area (Å²) >= 11 is 0. The molecule has 0 radical (unpaired) electrons. The Balaban J connectivity index is 1.35. The summed E-state index contributed by atoms with van der Waals surface area (Å²) in [5.74, 6) is 0.842.